The van der Waals surface area contributed by atoms with Crippen LogP contribution in [0.15, 0.2) is 42.5 Å². The Morgan fingerprint density at radius 1 is 1.15 bits per heavy atom. The first-order valence-corrected chi connectivity index (χ1v) is 4.78. The standard InChI is InChI=1S/C8H9NO2P.H2O/c10-12(11)8-4-7-9-5-2-1-3-6-9;/h1-6,8H,7H2;1H2/q+1;/p-1. The molecule has 1 N–H and O–H groups in total. The molecule has 0 aliphatic rings. The van der Waals surface area contributed by atoms with Crippen LogP contribution in [0.5, 0.6) is 0 Å². The van der Waals surface area contributed by atoms with Crippen molar-refractivity contribution in [2.75, 3.05) is 0 Å². The van der Waals surface area contributed by atoms with Crippen molar-refractivity contribution in [2.45, 2.75) is 6.54 Å². The summed E-state index contributed by atoms with van der Waals surface area (Å²) in [6.07, 6.45) is 5.36. The third-order valence-corrected chi connectivity index (χ3v) is 1.77. The molecule has 1 aromatic rings. The summed E-state index contributed by atoms with van der Waals surface area (Å²) in [4.78, 5) is 0. The Morgan fingerprint density at radius 3 is 2.31 bits per heavy atom. The minimum atomic E-state index is -2.39. The zero-order valence-electron chi connectivity index (χ0n) is 6.91. The molecule has 70 valence electrons. The molecule has 0 atom stereocenters. The number of hydrogen-bond donors (Lipinski definition) is 0. The minimum absolute atomic E-state index is 0. The number of pyridine rings is 1. The van der Waals surface area contributed by atoms with Gasteiger partial charge in [0.2, 0.25) is 0 Å². The maximum Gasteiger partial charge on any atom is 0.341 e. The fourth-order valence-corrected chi connectivity index (χ4v) is 1.08. The minimum Gasteiger partial charge on any atom is -0.870 e. The Morgan fingerprint density at radius 2 is 1.77 bits per heavy atom. The van der Waals surface area contributed by atoms with Crippen LogP contribution >= 0.6 is 7.68 Å². The quantitative estimate of drug-likeness (QED) is 0.547. The van der Waals surface area contributed by atoms with Crippen LogP contribution in [-0.2, 0) is 15.7 Å². The molecule has 0 fully saturated rings. The Labute approximate surface area is 76.7 Å². The molecule has 0 aliphatic heterocycles. The van der Waals surface area contributed by atoms with Crippen molar-refractivity contribution in [3.63, 3.8) is 0 Å². The topological polar surface area (TPSA) is 68.0 Å². The van der Waals surface area contributed by atoms with E-state index in [1.165, 1.54) is 5.82 Å². The molecule has 1 rings (SSSR count). The summed E-state index contributed by atoms with van der Waals surface area (Å²) in [5.74, 6) is 1.18. The van der Waals surface area contributed by atoms with Crippen LogP contribution in [0.25, 0.3) is 0 Å². The first kappa shape index (κ1) is 11.8. The van der Waals surface area contributed by atoms with Crippen LogP contribution in [0, 0.1) is 0 Å². The highest BCUT2D eigenvalue weighted by Crippen LogP contribution is 2.02. The summed E-state index contributed by atoms with van der Waals surface area (Å²) in [6, 6.07) is 5.70. The van der Waals surface area contributed by atoms with E-state index >= 15 is 0 Å². The molecule has 0 radical (unpaired) electrons. The molecule has 0 aromatic carbocycles. The number of rotatable bonds is 3. The van der Waals surface area contributed by atoms with Crippen LogP contribution in [0.2, 0.25) is 0 Å². The highest BCUT2D eigenvalue weighted by atomic mass is 31.1. The van der Waals surface area contributed by atoms with Crippen molar-refractivity contribution in [3.05, 3.63) is 42.5 Å². The summed E-state index contributed by atoms with van der Waals surface area (Å²) in [6.45, 7) is 0.587. The lowest BCUT2D eigenvalue weighted by Gasteiger charge is -1.86. The Balaban J connectivity index is 0.00000144. The number of allylic oxidation sites excluding steroid dienone is 1. The van der Waals surface area contributed by atoms with Gasteiger partial charge in [0, 0.05) is 17.9 Å². The van der Waals surface area contributed by atoms with Crippen molar-refractivity contribution in [2.24, 2.45) is 0 Å². The van der Waals surface area contributed by atoms with Crippen molar-refractivity contribution in [3.8, 4) is 0 Å². The Bertz CT molecular complexity index is 325. The van der Waals surface area contributed by atoms with Crippen LogP contribution in [0.1, 0.15) is 0 Å². The second-order valence-corrected chi connectivity index (χ2v) is 3.11. The molecule has 0 saturated heterocycles. The fraction of sp³-hybridized carbons (Fsp3) is 0.125. The van der Waals surface area contributed by atoms with Crippen molar-refractivity contribution in [1.82, 2.24) is 0 Å². The van der Waals surface area contributed by atoms with Gasteiger partial charge < -0.3 is 5.48 Å². The van der Waals surface area contributed by atoms with Gasteiger partial charge in [-0.15, -0.1) is 0 Å². The van der Waals surface area contributed by atoms with Crippen LogP contribution in [-0.4, -0.2) is 5.48 Å². The molecule has 5 heteroatoms. The molecule has 13 heavy (non-hydrogen) atoms. The van der Waals surface area contributed by atoms with E-state index < -0.39 is 7.68 Å². The van der Waals surface area contributed by atoms with E-state index in [0.29, 0.717) is 6.54 Å². The second kappa shape index (κ2) is 6.29. The lowest BCUT2D eigenvalue weighted by Crippen LogP contribution is -2.30. The van der Waals surface area contributed by atoms with E-state index in [-0.39, 0.29) is 5.48 Å². The summed E-state index contributed by atoms with van der Waals surface area (Å²) in [5.41, 5.74) is 0. The molecule has 0 bridgehead atoms. The maximum absolute atomic E-state index is 10.1. The van der Waals surface area contributed by atoms with Crippen molar-refractivity contribution < 1.29 is 19.2 Å². The lowest BCUT2D eigenvalue weighted by molar-refractivity contribution is -0.687. The van der Waals surface area contributed by atoms with Crippen LogP contribution in [0.3, 0.4) is 0 Å². The van der Waals surface area contributed by atoms with Gasteiger partial charge in [0.15, 0.2) is 18.9 Å². The van der Waals surface area contributed by atoms with E-state index in [1.54, 1.807) is 6.08 Å². The van der Waals surface area contributed by atoms with E-state index in [2.05, 4.69) is 0 Å². The average Bonchev–Trinajstić information content (AvgIpc) is 2.05. The van der Waals surface area contributed by atoms with Crippen molar-refractivity contribution >= 4 is 7.68 Å². The third-order valence-electron chi connectivity index (χ3n) is 1.32. The van der Waals surface area contributed by atoms with Gasteiger partial charge in [-0.1, -0.05) is 6.07 Å². The van der Waals surface area contributed by atoms with Gasteiger partial charge in [-0.05, 0) is 6.08 Å². The maximum atomic E-state index is 10.1. The molecule has 4 nitrogen and oxygen atoms in total. The predicted octanol–water partition coefficient (Wildman–Crippen LogP) is 1.48. The summed E-state index contributed by atoms with van der Waals surface area (Å²) < 4.78 is 22.1. The summed E-state index contributed by atoms with van der Waals surface area (Å²) in [5, 5.41) is 0. The molecule has 0 aliphatic carbocycles. The van der Waals surface area contributed by atoms with Gasteiger partial charge in [0.1, 0.15) is 0 Å². The van der Waals surface area contributed by atoms with Crippen molar-refractivity contribution in [1.29, 1.82) is 0 Å². The molecule has 0 unspecified atom stereocenters. The van der Waals surface area contributed by atoms with Crippen LogP contribution < -0.4 is 4.57 Å². The predicted molar refractivity (Wildman–Crippen MR) is 46.0 cm³/mol. The van der Waals surface area contributed by atoms with Gasteiger partial charge in [0.25, 0.3) is 0 Å². The molecule has 1 aromatic heterocycles. The first-order valence-electron chi connectivity index (χ1n) is 3.53. The smallest absolute Gasteiger partial charge is 0.341 e. The van der Waals surface area contributed by atoms with Crippen LogP contribution in [0.4, 0.5) is 0 Å². The number of hydrogen-bond acceptors (Lipinski definition) is 3. The summed E-state index contributed by atoms with van der Waals surface area (Å²) >= 11 is 0. The van der Waals surface area contributed by atoms with Gasteiger partial charge in [-0.2, -0.15) is 0 Å². The van der Waals surface area contributed by atoms with Gasteiger partial charge in [0.05, 0.1) is 0 Å². The second-order valence-electron chi connectivity index (χ2n) is 2.24. The molecular weight excluding hydrogens is 189 g/mol. The number of nitrogens with zero attached hydrogens (tertiary/aromatic N) is 1. The van der Waals surface area contributed by atoms with E-state index in [0.717, 1.165) is 0 Å². The van der Waals surface area contributed by atoms with Gasteiger partial charge >= 0.3 is 7.68 Å². The molecule has 0 spiro atoms. The van der Waals surface area contributed by atoms with E-state index in [9.17, 15) is 9.13 Å². The van der Waals surface area contributed by atoms with E-state index in [1.807, 2.05) is 35.2 Å². The van der Waals surface area contributed by atoms with Gasteiger partial charge in [-0.3, -0.25) is 0 Å². The monoisotopic (exact) mass is 199 g/mol. The Hall–Kier alpha value is -1.25. The Kier molecular flexibility index (Phi) is 5.68. The first-order chi connectivity index (χ1) is 5.79. The zero-order valence-corrected chi connectivity index (χ0v) is 7.80. The van der Waals surface area contributed by atoms with E-state index in [4.69, 9.17) is 0 Å². The highest BCUT2D eigenvalue weighted by Gasteiger charge is 1.91. The SMILES string of the molecule is O=P(=O)C=CC[n+]1ccccc1.[OH-]. The largest absolute Gasteiger partial charge is 0.870 e. The fourth-order valence-electron chi connectivity index (χ4n) is 0.811. The normalized spacial score (nSPS) is 9.54. The number of aromatic nitrogens is 1. The zero-order chi connectivity index (χ0) is 8.81. The lowest BCUT2D eigenvalue weighted by atomic mass is 10.5. The molecule has 1 heterocycles. The molecular formula is C8H10NO3P. The third kappa shape index (κ3) is 5.06. The average molecular weight is 199 g/mol. The molecule has 0 saturated carbocycles. The molecule has 0 amide bonds. The van der Waals surface area contributed by atoms with Gasteiger partial charge in [-0.25, -0.2) is 13.7 Å². The highest BCUT2D eigenvalue weighted by molar-refractivity contribution is 7.34. The summed E-state index contributed by atoms with van der Waals surface area (Å²) in [7, 11) is -2.39.